The maximum absolute atomic E-state index is 11.7. The summed E-state index contributed by atoms with van der Waals surface area (Å²) in [7, 11) is 0. The molecule has 0 radical (unpaired) electrons. The summed E-state index contributed by atoms with van der Waals surface area (Å²) in [5, 5.41) is 0. The molecular formula is C16H24O. The van der Waals surface area contributed by atoms with Gasteiger partial charge in [-0.3, -0.25) is 4.79 Å². The third-order valence-corrected chi connectivity index (χ3v) is 4.92. The third-order valence-electron chi connectivity index (χ3n) is 4.92. The highest BCUT2D eigenvalue weighted by Crippen LogP contribution is 2.55. The van der Waals surface area contributed by atoms with E-state index in [1.165, 1.54) is 30.4 Å². The van der Waals surface area contributed by atoms with E-state index in [2.05, 4.69) is 27.7 Å². The molecule has 2 rings (SSSR count). The van der Waals surface area contributed by atoms with Gasteiger partial charge in [0.15, 0.2) is 5.78 Å². The number of rotatable bonds is 1. The van der Waals surface area contributed by atoms with E-state index < -0.39 is 0 Å². The first kappa shape index (κ1) is 12.6. The van der Waals surface area contributed by atoms with Crippen molar-refractivity contribution in [2.75, 3.05) is 0 Å². The monoisotopic (exact) mass is 232 g/mol. The van der Waals surface area contributed by atoms with Crippen molar-refractivity contribution in [2.24, 2.45) is 11.3 Å². The lowest BCUT2D eigenvalue weighted by atomic mass is 9.63. The molecule has 1 saturated carbocycles. The van der Waals surface area contributed by atoms with Crippen LogP contribution in [-0.2, 0) is 4.79 Å². The lowest BCUT2D eigenvalue weighted by Crippen LogP contribution is -2.33. The van der Waals surface area contributed by atoms with Gasteiger partial charge < -0.3 is 0 Å². The first-order valence-corrected chi connectivity index (χ1v) is 6.88. The summed E-state index contributed by atoms with van der Waals surface area (Å²) in [4.78, 5) is 11.7. The number of hydrogen-bond acceptors (Lipinski definition) is 1. The Morgan fingerprint density at radius 3 is 2.71 bits per heavy atom. The van der Waals surface area contributed by atoms with Gasteiger partial charge in [0.25, 0.3) is 0 Å². The van der Waals surface area contributed by atoms with Crippen molar-refractivity contribution in [1.82, 2.24) is 0 Å². The minimum absolute atomic E-state index is 0.315. The molecular weight excluding hydrogens is 208 g/mol. The van der Waals surface area contributed by atoms with E-state index in [9.17, 15) is 4.79 Å². The smallest absolute Gasteiger partial charge is 0.155 e. The second-order valence-corrected chi connectivity index (χ2v) is 6.03. The van der Waals surface area contributed by atoms with Crippen LogP contribution >= 0.6 is 0 Å². The highest BCUT2D eigenvalue weighted by molar-refractivity contribution is 5.92. The molecule has 0 aromatic rings. The zero-order valence-electron chi connectivity index (χ0n) is 11.6. The topological polar surface area (TPSA) is 17.1 Å². The SMILES string of the molecule is CCC1=CC(=O)CC(C)C12CCC(=C(C)C)C2. The quantitative estimate of drug-likeness (QED) is 0.611. The minimum Gasteiger partial charge on any atom is -0.295 e. The highest BCUT2D eigenvalue weighted by atomic mass is 16.1. The molecule has 0 saturated heterocycles. The number of hydrogen-bond donors (Lipinski definition) is 0. The van der Waals surface area contributed by atoms with Crippen LogP contribution in [0.25, 0.3) is 0 Å². The van der Waals surface area contributed by atoms with Crippen molar-refractivity contribution < 1.29 is 4.79 Å². The zero-order valence-corrected chi connectivity index (χ0v) is 11.6. The molecule has 0 aromatic heterocycles. The van der Waals surface area contributed by atoms with Gasteiger partial charge in [-0.1, -0.05) is 30.6 Å². The maximum atomic E-state index is 11.7. The Morgan fingerprint density at radius 2 is 2.18 bits per heavy atom. The third kappa shape index (κ3) is 2.00. The normalized spacial score (nSPS) is 33.2. The van der Waals surface area contributed by atoms with Gasteiger partial charge in [-0.2, -0.15) is 0 Å². The first-order valence-electron chi connectivity index (χ1n) is 6.88. The molecule has 1 nitrogen and oxygen atoms in total. The Kier molecular flexibility index (Phi) is 3.29. The van der Waals surface area contributed by atoms with Crippen LogP contribution in [0.4, 0.5) is 0 Å². The summed E-state index contributed by atoms with van der Waals surface area (Å²) in [6.45, 7) is 8.92. The van der Waals surface area contributed by atoms with Gasteiger partial charge >= 0.3 is 0 Å². The number of allylic oxidation sites excluding steroid dienone is 4. The molecule has 2 aliphatic rings. The van der Waals surface area contributed by atoms with Gasteiger partial charge in [-0.25, -0.2) is 0 Å². The summed E-state index contributed by atoms with van der Waals surface area (Å²) >= 11 is 0. The number of carbonyl (C=O) groups excluding carboxylic acids is 1. The molecule has 1 heteroatoms. The van der Waals surface area contributed by atoms with Crippen LogP contribution in [0.2, 0.25) is 0 Å². The van der Waals surface area contributed by atoms with Crippen molar-refractivity contribution in [3.63, 3.8) is 0 Å². The van der Waals surface area contributed by atoms with Crippen LogP contribution in [0.5, 0.6) is 0 Å². The molecule has 0 aromatic carbocycles. The van der Waals surface area contributed by atoms with Crippen LogP contribution in [0.15, 0.2) is 22.8 Å². The largest absolute Gasteiger partial charge is 0.295 e. The van der Waals surface area contributed by atoms with E-state index in [4.69, 9.17) is 0 Å². The van der Waals surface area contributed by atoms with Gasteiger partial charge in [0.1, 0.15) is 0 Å². The second kappa shape index (κ2) is 4.44. The zero-order chi connectivity index (χ0) is 12.6. The fraction of sp³-hybridized carbons (Fsp3) is 0.688. The summed E-state index contributed by atoms with van der Waals surface area (Å²) in [6, 6.07) is 0. The van der Waals surface area contributed by atoms with Crippen molar-refractivity contribution in [3.8, 4) is 0 Å². The van der Waals surface area contributed by atoms with Crippen LogP contribution in [0.1, 0.15) is 59.8 Å². The molecule has 2 unspecified atom stereocenters. The van der Waals surface area contributed by atoms with Crippen molar-refractivity contribution in [2.45, 2.75) is 59.8 Å². The highest BCUT2D eigenvalue weighted by Gasteiger charge is 2.45. The summed E-state index contributed by atoms with van der Waals surface area (Å²) < 4.78 is 0. The summed E-state index contributed by atoms with van der Waals surface area (Å²) in [5.41, 5.74) is 4.85. The van der Waals surface area contributed by atoms with Gasteiger partial charge in [0, 0.05) is 6.42 Å². The minimum atomic E-state index is 0.315. The van der Waals surface area contributed by atoms with E-state index >= 15 is 0 Å². The van der Waals surface area contributed by atoms with E-state index in [1.807, 2.05) is 6.08 Å². The molecule has 0 N–H and O–H groups in total. The first-order chi connectivity index (χ1) is 7.99. The van der Waals surface area contributed by atoms with Gasteiger partial charge in [-0.05, 0) is 56.9 Å². The van der Waals surface area contributed by atoms with Crippen LogP contribution in [0, 0.1) is 11.3 Å². The Balaban J connectivity index is 2.39. The van der Waals surface area contributed by atoms with E-state index in [1.54, 1.807) is 5.57 Å². The van der Waals surface area contributed by atoms with Gasteiger partial charge in [0.2, 0.25) is 0 Å². The molecule has 1 fully saturated rings. The van der Waals surface area contributed by atoms with E-state index in [0.29, 0.717) is 17.1 Å². The van der Waals surface area contributed by atoms with Crippen molar-refractivity contribution in [1.29, 1.82) is 0 Å². The number of ketones is 1. The van der Waals surface area contributed by atoms with E-state index in [0.717, 1.165) is 12.8 Å². The fourth-order valence-electron chi connectivity index (χ4n) is 3.72. The lowest BCUT2D eigenvalue weighted by Gasteiger charge is -2.40. The molecule has 0 aliphatic heterocycles. The average Bonchev–Trinajstić information content (AvgIpc) is 2.70. The molecule has 2 atom stereocenters. The maximum Gasteiger partial charge on any atom is 0.155 e. The molecule has 2 aliphatic carbocycles. The molecule has 0 amide bonds. The van der Waals surface area contributed by atoms with Crippen molar-refractivity contribution in [3.05, 3.63) is 22.8 Å². The molecule has 0 bridgehead atoms. The van der Waals surface area contributed by atoms with Gasteiger partial charge in [-0.15, -0.1) is 0 Å². The Morgan fingerprint density at radius 1 is 1.47 bits per heavy atom. The predicted octanol–water partition coefficient (Wildman–Crippen LogP) is 4.44. The Labute approximate surface area is 105 Å². The van der Waals surface area contributed by atoms with Crippen LogP contribution < -0.4 is 0 Å². The molecule has 94 valence electrons. The van der Waals surface area contributed by atoms with Crippen LogP contribution in [-0.4, -0.2) is 5.78 Å². The number of carbonyl (C=O) groups is 1. The second-order valence-electron chi connectivity index (χ2n) is 6.03. The fourth-order valence-corrected chi connectivity index (χ4v) is 3.72. The lowest BCUT2D eigenvalue weighted by molar-refractivity contribution is -0.117. The molecule has 1 spiro atoms. The van der Waals surface area contributed by atoms with Crippen LogP contribution in [0.3, 0.4) is 0 Å². The van der Waals surface area contributed by atoms with E-state index in [-0.39, 0.29) is 0 Å². The van der Waals surface area contributed by atoms with Gasteiger partial charge in [0.05, 0.1) is 0 Å². The van der Waals surface area contributed by atoms with Crippen molar-refractivity contribution >= 4 is 5.78 Å². The standard InChI is InChI=1S/C16H24O/c1-5-14-9-15(17)8-12(4)16(14)7-6-13(10-16)11(2)3/h9,12H,5-8,10H2,1-4H3. The average molecular weight is 232 g/mol. The molecule has 17 heavy (non-hydrogen) atoms. The Hall–Kier alpha value is -0.850. The predicted molar refractivity (Wildman–Crippen MR) is 71.8 cm³/mol. The summed E-state index contributed by atoms with van der Waals surface area (Å²) in [5.74, 6) is 0.859. The molecule has 0 heterocycles. The summed E-state index contributed by atoms with van der Waals surface area (Å²) in [6.07, 6.45) is 7.42. The Bertz CT molecular complexity index is 396.